The van der Waals surface area contributed by atoms with Crippen LogP contribution in [0.15, 0.2) is 56.8 Å². The molecule has 0 aliphatic carbocycles. The third-order valence-electron chi connectivity index (χ3n) is 3.85. The summed E-state index contributed by atoms with van der Waals surface area (Å²) in [5.41, 5.74) is 0.952. The number of benzene rings is 2. The number of halogens is 1. The standard InChI is InChI=1S/C20H18BrN3O4/c1-3-27-19(25)12-28-18-7-5-4-6-14(18)11-22-24-13(2)23-17-9-8-15(21)10-16(17)20(24)26/h4-11H,3,12H2,1-2H3. The molecule has 1 aromatic heterocycles. The summed E-state index contributed by atoms with van der Waals surface area (Å²) < 4.78 is 12.4. The highest BCUT2D eigenvalue weighted by molar-refractivity contribution is 9.10. The molecular weight excluding hydrogens is 426 g/mol. The van der Waals surface area contributed by atoms with Crippen LogP contribution in [0, 0.1) is 6.92 Å². The number of hydrogen-bond donors (Lipinski definition) is 0. The Morgan fingerprint density at radius 1 is 1.29 bits per heavy atom. The molecule has 0 atom stereocenters. The van der Waals surface area contributed by atoms with Crippen LogP contribution in [0.2, 0.25) is 0 Å². The highest BCUT2D eigenvalue weighted by atomic mass is 79.9. The smallest absolute Gasteiger partial charge is 0.344 e. The predicted molar refractivity (Wildman–Crippen MR) is 110 cm³/mol. The van der Waals surface area contributed by atoms with Crippen molar-refractivity contribution < 1.29 is 14.3 Å². The summed E-state index contributed by atoms with van der Waals surface area (Å²) in [4.78, 5) is 28.7. The Kier molecular flexibility index (Phi) is 6.20. The van der Waals surface area contributed by atoms with Crippen molar-refractivity contribution in [3.63, 3.8) is 0 Å². The van der Waals surface area contributed by atoms with Crippen LogP contribution in [0.1, 0.15) is 18.3 Å². The molecule has 3 aromatic rings. The molecule has 28 heavy (non-hydrogen) atoms. The van der Waals surface area contributed by atoms with Crippen molar-refractivity contribution in [3.8, 4) is 5.75 Å². The quantitative estimate of drug-likeness (QED) is 0.431. The summed E-state index contributed by atoms with van der Waals surface area (Å²) >= 11 is 3.37. The third-order valence-corrected chi connectivity index (χ3v) is 4.35. The first-order valence-corrected chi connectivity index (χ1v) is 9.39. The zero-order valence-corrected chi connectivity index (χ0v) is 17.0. The third kappa shape index (κ3) is 4.45. The van der Waals surface area contributed by atoms with E-state index >= 15 is 0 Å². The molecule has 8 heteroatoms. The Bertz CT molecular complexity index is 1110. The van der Waals surface area contributed by atoms with Gasteiger partial charge in [0.15, 0.2) is 6.61 Å². The second kappa shape index (κ2) is 8.79. The topological polar surface area (TPSA) is 82.8 Å². The van der Waals surface area contributed by atoms with Gasteiger partial charge in [-0.2, -0.15) is 9.78 Å². The maximum Gasteiger partial charge on any atom is 0.344 e. The van der Waals surface area contributed by atoms with Gasteiger partial charge in [-0.15, -0.1) is 0 Å². The van der Waals surface area contributed by atoms with Crippen LogP contribution in [0.3, 0.4) is 0 Å². The number of fused-ring (bicyclic) bond motifs is 1. The van der Waals surface area contributed by atoms with E-state index in [2.05, 4.69) is 26.0 Å². The van der Waals surface area contributed by atoms with Gasteiger partial charge in [0.2, 0.25) is 0 Å². The Morgan fingerprint density at radius 3 is 2.86 bits per heavy atom. The van der Waals surface area contributed by atoms with Gasteiger partial charge >= 0.3 is 5.97 Å². The molecule has 144 valence electrons. The van der Waals surface area contributed by atoms with Gasteiger partial charge in [-0.1, -0.05) is 28.1 Å². The number of aromatic nitrogens is 2. The first-order valence-electron chi connectivity index (χ1n) is 8.60. The molecule has 0 radical (unpaired) electrons. The lowest BCUT2D eigenvalue weighted by Crippen LogP contribution is -2.20. The Morgan fingerprint density at radius 2 is 2.07 bits per heavy atom. The Hall–Kier alpha value is -3.00. The fourth-order valence-corrected chi connectivity index (χ4v) is 2.93. The van der Waals surface area contributed by atoms with E-state index in [9.17, 15) is 9.59 Å². The van der Waals surface area contributed by atoms with Gasteiger partial charge < -0.3 is 9.47 Å². The predicted octanol–water partition coefficient (Wildman–Crippen LogP) is 3.29. The Labute approximate surface area is 169 Å². The lowest BCUT2D eigenvalue weighted by Gasteiger charge is -2.09. The molecule has 0 N–H and O–H groups in total. The van der Waals surface area contributed by atoms with Crippen molar-refractivity contribution in [2.24, 2.45) is 5.10 Å². The molecular formula is C20H18BrN3O4. The molecule has 0 aliphatic rings. The number of nitrogens with zero attached hydrogens (tertiary/aromatic N) is 3. The minimum Gasteiger partial charge on any atom is -0.481 e. The van der Waals surface area contributed by atoms with Gasteiger partial charge in [0.25, 0.3) is 5.56 Å². The maximum absolute atomic E-state index is 12.8. The lowest BCUT2D eigenvalue weighted by atomic mass is 10.2. The lowest BCUT2D eigenvalue weighted by molar-refractivity contribution is -0.145. The van der Waals surface area contributed by atoms with Gasteiger partial charge in [0.1, 0.15) is 11.6 Å². The van der Waals surface area contributed by atoms with Crippen LogP contribution in [-0.4, -0.2) is 35.1 Å². The van der Waals surface area contributed by atoms with Crippen LogP contribution >= 0.6 is 15.9 Å². The SMILES string of the molecule is CCOC(=O)COc1ccccc1C=Nn1c(C)nc2ccc(Br)cc2c1=O. The van der Waals surface area contributed by atoms with E-state index in [1.54, 1.807) is 44.2 Å². The number of ether oxygens (including phenoxy) is 2. The molecule has 0 aliphatic heterocycles. The fourth-order valence-electron chi connectivity index (χ4n) is 2.57. The fraction of sp³-hybridized carbons (Fsp3) is 0.200. The first kappa shape index (κ1) is 19.8. The number of carbonyl (C=O) groups is 1. The van der Waals surface area contributed by atoms with Crippen molar-refractivity contribution >= 4 is 39.0 Å². The number of carbonyl (C=O) groups excluding carboxylic acids is 1. The highest BCUT2D eigenvalue weighted by Gasteiger charge is 2.09. The van der Waals surface area contributed by atoms with Crippen LogP contribution in [0.25, 0.3) is 10.9 Å². The van der Waals surface area contributed by atoms with Gasteiger partial charge in [-0.3, -0.25) is 4.79 Å². The minimum atomic E-state index is -0.453. The number of aryl methyl sites for hydroxylation is 1. The van der Waals surface area contributed by atoms with Crippen molar-refractivity contribution in [1.82, 2.24) is 9.66 Å². The summed E-state index contributed by atoms with van der Waals surface area (Å²) in [5.74, 6) is 0.466. The average molecular weight is 444 g/mol. The zero-order chi connectivity index (χ0) is 20.1. The van der Waals surface area contributed by atoms with Crippen LogP contribution < -0.4 is 10.3 Å². The van der Waals surface area contributed by atoms with Crippen LogP contribution in [0.5, 0.6) is 5.75 Å². The summed E-state index contributed by atoms with van der Waals surface area (Å²) in [5, 5.41) is 4.75. The number of para-hydroxylation sites is 1. The number of esters is 1. The monoisotopic (exact) mass is 443 g/mol. The van der Waals surface area contributed by atoms with Crippen LogP contribution in [-0.2, 0) is 9.53 Å². The summed E-state index contributed by atoms with van der Waals surface area (Å²) in [6.45, 7) is 3.53. The van der Waals surface area contributed by atoms with Gasteiger partial charge in [-0.05, 0) is 44.2 Å². The molecule has 0 bridgehead atoms. The summed E-state index contributed by atoms with van der Waals surface area (Å²) in [6.07, 6.45) is 1.50. The van der Waals surface area contributed by atoms with Crippen molar-refractivity contribution in [2.75, 3.05) is 13.2 Å². The van der Waals surface area contributed by atoms with E-state index in [0.717, 1.165) is 4.47 Å². The second-order valence-electron chi connectivity index (χ2n) is 5.81. The van der Waals surface area contributed by atoms with Gasteiger partial charge in [0.05, 0.1) is 23.7 Å². The molecule has 3 rings (SSSR count). The van der Waals surface area contributed by atoms with Crippen LogP contribution in [0.4, 0.5) is 0 Å². The van der Waals surface area contributed by atoms with E-state index in [0.29, 0.717) is 34.6 Å². The van der Waals surface area contributed by atoms with Crippen molar-refractivity contribution in [3.05, 3.63) is 68.7 Å². The molecule has 1 heterocycles. The second-order valence-corrected chi connectivity index (χ2v) is 6.73. The molecule has 7 nitrogen and oxygen atoms in total. The van der Waals surface area contributed by atoms with E-state index < -0.39 is 5.97 Å². The van der Waals surface area contributed by atoms with E-state index in [1.165, 1.54) is 10.9 Å². The number of rotatable bonds is 6. The van der Waals surface area contributed by atoms with E-state index in [-0.39, 0.29) is 12.2 Å². The molecule has 0 saturated heterocycles. The molecule has 2 aromatic carbocycles. The van der Waals surface area contributed by atoms with E-state index in [1.807, 2.05) is 12.1 Å². The van der Waals surface area contributed by atoms with Gasteiger partial charge in [-0.25, -0.2) is 9.78 Å². The zero-order valence-electron chi connectivity index (χ0n) is 15.4. The largest absolute Gasteiger partial charge is 0.481 e. The van der Waals surface area contributed by atoms with Crippen molar-refractivity contribution in [1.29, 1.82) is 0 Å². The molecule has 0 spiro atoms. The minimum absolute atomic E-state index is 0.205. The average Bonchev–Trinajstić information content (AvgIpc) is 2.68. The highest BCUT2D eigenvalue weighted by Crippen LogP contribution is 2.17. The summed E-state index contributed by atoms with van der Waals surface area (Å²) in [6, 6.07) is 12.4. The molecule has 0 saturated carbocycles. The molecule has 0 fully saturated rings. The Balaban J connectivity index is 1.92. The van der Waals surface area contributed by atoms with E-state index in [4.69, 9.17) is 9.47 Å². The maximum atomic E-state index is 12.8. The molecule has 0 unspecified atom stereocenters. The number of hydrogen-bond acceptors (Lipinski definition) is 6. The van der Waals surface area contributed by atoms with Crippen molar-refractivity contribution in [2.45, 2.75) is 13.8 Å². The van der Waals surface area contributed by atoms with Gasteiger partial charge in [0, 0.05) is 10.0 Å². The summed E-state index contributed by atoms with van der Waals surface area (Å²) in [7, 11) is 0. The molecule has 0 amide bonds. The normalized spacial score (nSPS) is 11.1. The first-order chi connectivity index (χ1) is 13.5.